The van der Waals surface area contributed by atoms with E-state index < -0.39 is 21.2 Å². The zero-order valence-corrected chi connectivity index (χ0v) is 16.4. The van der Waals surface area contributed by atoms with E-state index in [1.807, 2.05) is 0 Å². The molecule has 0 aliphatic carbocycles. The van der Waals surface area contributed by atoms with Crippen molar-refractivity contribution in [1.29, 1.82) is 0 Å². The van der Waals surface area contributed by atoms with Gasteiger partial charge in [-0.2, -0.15) is 10.2 Å². The normalized spacial score (nSPS) is 11.8. The van der Waals surface area contributed by atoms with Crippen LogP contribution in [0.5, 0.6) is 0 Å². The van der Waals surface area contributed by atoms with Gasteiger partial charge >= 0.3 is 0 Å². The first kappa shape index (κ1) is 18.9. The molecule has 0 saturated heterocycles. The van der Waals surface area contributed by atoms with E-state index >= 15 is 0 Å². The lowest BCUT2D eigenvalue weighted by molar-refractivity contribution is 0.557. The van der Waals surface area contributed by atoms with E-state index in [0.717, 1.165) is 10.2 Å². The highest BCUT2D eigenvalue weighted by Gasteiger charge is 2.20. The largest absolute Gasteiger partial charge is 0.284 e. The molecule has 0 radical (unpaired) electrons. The van der Waals surface area contributed by atoms with E-state index in [1.165, 1.54) is 42.9 Å². The van der Waals surface area contributed by atoms with Crippen LogP contribution < -0.4 is 5.56 Å². The number of aromatic nitrogens is 5. The van der Waals surface area contributed by atoms with Gasteiger partial charge in [0.05, 0.1) is 34.9 Å². The number of sulfone groups is 1. The minimum Gasteiger partial charge on any atom is -0.284 e. The van der Waals surface area contributed by atoms with Gasteiger partial charge in [-0.05, 0) is 43.7 Å². The lowest BCUT2D eigenvalue weighted by atomic mass is 10.2. The summed E-state index contributed by atoms with van der Waals surface area (Å²) in [5, 5.41) is 10.8. The van der Waals surface area contributed by atoms with Gasteiger partial charge in [-0.3, -0.25) is 14.9 Å². The SMILES string of the molecule is Cc1cc(F)c(Cn2ncc3cc(S(=O)(=O)c4cn[nH]c4)ccc3c2=O)nc1C. The molecule has 0 saturated carbocycles. The second kappa shape index (κ2) is 6.89. The van der Waals surface area contributed by atoms with Crippen molar-refractivity contribution in [3.8, 4) is 0 Å². The third-order valence-corrected chi connectivity index (χ3v) is 6.43. The molecule has 0 fully saturated rings. The molecule has 0 spiro atoms. The van der Waals surface area contributed by atoms with Crippen LogP contribution in [0.1, 0.15) is 17.0 Å². The van der Waals surface area contributed by atoms with Gasteiger partial charge in [0.1, 0.15) is 10.7 Å². The Morgan fingerprint density at radius 2 is 1.93 bits per heavy atom. The lowest BCUT2D eigenvalue weighted by Crippen LogP contribution is -2.24. The molecular weight excluding hydrogens is 397 g/mol. The number of nitrogens with zero attached hydrogens (tertiary/aromatic N) is 4. The van der Waals surface area contributed by atoms with Crippen LogP contribution in [0, 0.1) is 19.7 Å². The number of halogens is 1. The highest BCUT2D eigenvalue weighted by molar-refractivity contribution is 7.91. The van der Waals surface area contributed by atoms with Crippen molar-refractivity contribution in [3.63, 3.8) is 0 Å². The van der Waals surface area contributed by atoms with Gasteiger partial charge < -0.3 is 0 Å². The fourth-order valence-electron chi connectivity index (χ4n) is 2.94. The quantitative estimate of drug-likeness (QED) is 0.549. The predicted octanol–water partition coefficient (Wildman–Crippen LogP) is 2.15. The predicted molar refractivity (Wildman–Crippen MR) is 103 cm³/mol. The number of hydrogen-bond acceptors (Lipinski definition) is 6. The number of rotatable bonds is 4. The fourth-order valence-corrected chi connectivity index (χ4v) is 4.14. The van der Waals surface area contributed by atoms with Crippen LogP contribution in [-0.4, -0.2) is 33.4 Å². The molecule has 3 aromatic heterocycles. The van der Waals surface area contributed by atoms with Crippen molar-refractivity contribution in [2.45, 2.75) is 30.2 Å². The molecule has 0 bridgehead atoms. The van der Waals surface area contributed by atoms with E-state index in [-0.39, 0.29) is 27.4 Å². The highest BCUT2D eigenvalue weighted by Crippen LogP contribution is 2.22. The van der Waals surface area contributed by atoms with E-state index in [9.17, 15) is 17.6 Å². The van der Waals surface area contributed by atoms with Crippen molar-refractivity contribution in [1.82, 2.24) is 25.0 Å². The number of H-pyrrole nitrogens is 1. The maximum absolute atomic E-state index is 14.2. The van der Waals surface area contributed by atoms with Gasteiger partial charge in [0, 0.05) is 17.3 Å². The van der Waals surface area contributed by atoms with Gasteiger partial charge in [-0.1, -0.05) is 0 Å². The molecule has 0 aliphatic rings. The molecule has 0 aliphatic heterocycles. The lowest BCUT2D eigenvalue weighted by Gasteiger charge is -2.09. The van der Waals surface area contributed by atoms with Crippen molar-refractivity contribution in [2.24, 2.45) is 0 Å². The summed E-state index contributed by atoms with van der Waals surface area (Å²) in [5.74, 6) is -0.511. The summed E-state index contributed by atoms with van der Waals surface area (Å²) in [7, 11) is -3.76. The molecule has 8 nitrogen and oxygen atoms in total. The number of hydrogen-bond donors (Lipinski definition) is 1. The summed E-state index contributed by atoms with van der Waals surface area (Å²) in [6.45, 7) is 3.39. The topological polar surface area (TPSA) is 111 Å². The van der Waals surface area contributed by atoms with Crippen LogP contribution >= 0.6 is 0 Å². The Balaban J connectivity index is 1.76. The summed E-state index contributed by atoms with van der Waals surface area (Å²) >= 11 is 0. The van der Waals surface area contributed by atoms with E-state index in [1.54, 1.807) is 13.8 Å². The Hall–Kier alpha value is -3.40. The molecule has 1 N–H and O–H groups in total. The maximum atomic E-state index is 14.2. The van der Waals surface area contributed by atoms with Crippen molar-refractivity contribution >= 4 is 20.6 Å². The van der Waals surface area contributed by atoms with E-state index in [4.69, 9.17) is 0 Å². The Morgan fingerprint density at radius 1 is 1.14 bits per heavy atom. The van der Waals surface area contributed by atoms with Gasteiger partial charge in [-0.15, -0.1) is 0 Å². The van der Waals surface area contributed by atoms with Gasteiger partial charge in [0.25, 0.3) is 5.56 Å². The minimum absolute atomic E-state index is 0.0206. The second-order valence-electron chi connectivity index (χ2n) is 6.61. The molecule has 29 heavy (non-hydrogen) atoms. The van der Waals surface area contributed by atoms with E-state index in [2.05, 4.69) is 20.3 Å². The zero-order valence-electron chi connectivity index (χ0n) is 15.5. The van der Waals surface area contributed by atoms with Gasteiger partial charge in [0.15, 0.2) is 0 Å². The minimum atomic E-state index is -3.76. The smallest absolute Gasteiger partial charge is 0.274 e. The third-order valence-electron chi connectivity index (χ3n) is 4.71. The van der Waals surface area contributed by atoms with Crippen LogP contribution in [-0.2, 0) is 16.4 Å². The van der Waals surface area contributed by atoms with Crippen LogP contribution in [0.3, 0.4) is 0 Å². The molecule has 1 aromatic carbocycles. The number of fused-ring (bicyclic) bond motifs is 1. The summed E-state index contributed by atoms with van der Waals surface area (Å²) in [6, 6.07) is 5.53. The molecule has 148 valence electrons. The maximum Gasteiger partial charge on any atom is 0.274 e. The van der Waals surface area contributed by atoms with Crippen molar-refractivity contribution < 1.29 is 12.8 Å². The molecule has 0 atom stereocenters. The summed E-state index contributed by atoms with van der Waals surface area (Å²) < 4.78 is 40.5. The molecule has 10 heteroatoms. The third kappa shape index (κ3) is 3.31. The zero-order chi connectivity index (χ0) is 20.8. The molecule has 3 heterocycles. The first-order valence-corrected chi connectivity index (χ1v) is 10.1. The van der Waals surface area contributed by atoms with Crippen molar-refractivity contribution in [3.05, 3.63) is 76.0 Å². The molecule has 0 amide bonds. The van der Waals surface area contributed by atoms with Crippen LogP contribution in [0.25, 0.3) is 10.8 Å². The van der Waals surface area contributed by atoms with Crippen LogP contribution in [0.4, 0.5) is 4.39 Å². The number of aromatic amines is 1. The average molecular weight is 413 g/mol. The first-order chi connectivity index (χ1) is 13.8. The van der Waals surface area contributed by atoms with Crippen molar-refractivity contribution in [2.75, 3.05) is 0 Å². The monoisotopic (exact) mass is 413 g/mol. The van der Waals surface area contributed by atoms with Gasteiger partial charge in [-0.25, -0.2) is 17.5 Å². The number of nitrogens with one attached hydrogen (secondary N) is 1. The Bertz CT molecular complexity index is 1400. The summed E-state index contributed by atoms with van der Waals surface area (Å²) in [4.78, 5) is 17.0. The number of benzene rings is 1. The Kier molecular flexibility index (Phi) is 4.50. The molecule has 4 rings (SSSR count). The van der Waals surface area contributed by atoms with E-state index in [0.29, 0.717) is 11.1 Å². The number of pyridine rings is 1. The standard InChI is InChI=1S/C19H16FN5O3S/c1-11-5-17(20)18(24-12(11)2)10-25-19(26)16-4-3-14(6-13(16)7-23-25)29(27,28)15-8-21-22-9-15/h3-9H,10H2,1-2H3,(H,21,22). The van der Waals surface area contributed by atoms with Crippen LogP contribution in [0.15, 0.2) is 57.4 Å². The Morgan fingerprint density at radius 3 is 2.66 bits per heavy atom. The summed E-state index contributed by atoms with van der Waals surface area (Å²) in [6.07, 6.45) is 3.87. The second-order valence-corrected chi connectivity index (χ2v) is 8.56. The molecular formula is C19H16FN5O3S. The molecule has 0 unspecified atom stereocenters. The first-order valence-electron chi connectivity index (χ1n) is 8.64. The van der Waals surface area contributed by atoms with Gasteiger partial charge in [0.2, 0.25) is 9.84 Å². The number of aryl methyl sites for hydroxylation is 2. The Labute approximate surface area is 165 Å². The van der Waals surface area contributed by atoms with Crippen LogP contribution in [0.2, 0.25) is 0 Å². The average Bonchev–Trinajstić information content (AvgIpc) is 3.23. The molecule has 4 aromatic rings. The summed E-state index contributed by atoms with van der Waals surface area (Å²) in [5.41, 5.74) is 1.04. The highest BCUT2D eigenvalue weighted by atomic mass is 32.2. The fraction of sp³-hybridized carbons (Fsp3) is 0.158.